The van der Waals surface area contributed by atoms with E-state index in [0.29, 0.717) is 5.92 Å². The second-order valence-electron chi connectivity index (χ2n) is 6.43. The van der Waals surface area contributed by atoms with Gasteiger partial charge in [-0.1, -0.05) is 72.9 Å². The smallest absolute Gasteiger partial charge is 0.0922 e. The minimum atomic E-state index is -0.150. The predicted molar refractivity (Wildman–Crippen MR) is 97.9 cm³/mol. The Hall–Kier alpha value is -2.36. The zero-order chi connectivity index (χ0) is 16.2. The molecule has 0 aromatic carbocycles. The second-order valence-corrected chi connectivity index (χ2v) is 6.43. The lowest BCUT2D eigenvalue weighted by Gasteiger charge is -2.30. The zero-order valence-corrected chi connectivity index (χ0v) is 13.6. The fourth-order valence-corrected chi connectivity index (χ4v) is 3.71. The summed E-state index contributed by atoms with van der Waals surface area (Å²) in [6.07, 6.45) is 29.5. The first-order chi connectivity index (χ1) is 11.9. The van der Waals surface area contributed by atoms with Gasteiger partial charge in [-0.2, -0.15) is 5.48 Å². The van der Waals surface area contributed by atoms with E-state index < -0.39 is 0 Å². The van der Waals surface area contributed by atoms with Crippen molar-refractivity contribution in [1.82, 2.24) is 10.4 Å². The molecule has 0 amide bonds. The summed E-state index contributed by atoms with van der Waals surface area (Å²) in [6.45, 7) is 2.64. The number of hydrogen-bond acceptors (Lipinski definition) is 3. The highest BCUT2D eigenvalue weighted by Crippen LogP contribution is 2.40. The molecule has 122 valence electrons. The Balaban J connectivity index is 1.64. The van der Waals surface area contributed by atoms with Crippen LogP contribution in [-0.4, -0.2) is 30.1 Å². The van der Waals surface area contributed by atoms with Gasteiger partial charge in [-0.25, -0.2) is 0 Å². The SMILES string of the molecule is C1=C\C=C/C(N2C[C@H]3CON[C@@]3(C3=C/C=C\C=C/C=C\3)C2)=C\C=C/1. The van der Waals surface area contributed by atoms with Crippen LogP contribution in [0.25, 0.3) is 0 Å². The molecule has 0 aromatic heterocycles. The van der Waals surface area contributed by atoms with Gasteiger partial charge in [0, 0.05) is 24.7 Å². The summed E-state index contributed by atoms with van der Waals surface area (Å²) < 4.78 is 0. The van der Waals surface area contributed by atoms with Crippen LogP contribution in [0.2, 0.25) is 0 Å². The molecular weight excluding hydrogens is 296 g/mol. The van der Waals surface area contributed by atoms with Crippen LogP contribution in [0.15, 0.2) is 96.3 Å². The number of nitrogens with zero attached hydrogens (tertiary/aromatic N) is 1. The largest absolute Gasteiger partial charge is 0.369 e. The minimum Gasteiger partial charge on any atom is -0.369 e. The molecule has 0 spiro atoms. The van der Waals surface area contributed by atoms with Crippen molar-refractivity contribution < 1.29 is 4.84 Å². The molecule has 4 aliphatic rings. The zero-order valence-electron chi connectivity index (χ0n) is 13.6. The summed E-state index contributed by atoms with van der Waals surface area (Å²) >= 11 is 0. The summed E-state index contributed by atoms with van der Waals surface area (Å²) in [5, 5.41) is 0. The van der Waals surface area contributed by atoms with E-state index in [9.17, 15) is 0 Å². The molecule has 2 saturated heterocycles. The standard InChI is InChI=1S/C21H22N2O/c1-3-7-11-18(12-8-4-1)21-17-23(15-19(21)16-24-22-21)20-13-9-5-2-6-10-14-20/h1-14,19,22H,15-17H2/b3-1-,4-1?,5-2-,6-2?,7-3?,8-4-,9-5?,10-6-,11-7-,12-8?,13-9-,14-10?,18-11?,18-12+,20-13?,20-14+/t19-,21+/m0/s1. The number of hydroxylamine groups is 1. The maximum atomic E-state index is 5.66. The monoisotopic (exact) mass is 318 g/mol. The van der Waals surface area contributed by atoms with Gasteiger partial charge in [0.2, 0.25) is 0 Å². The van der Waals surface area contributed by atoms with E-state index in [4.69, 9.17) is 4.84 Å². The third kappa shape index (κ3) is 2.77. The second kappa shape index (κ2) is 6.63. The third-order valence-corrected chi connectivity index (χ3v) is 4.97. The van der Waals surface area contributed by atoms with E-state index in [2.05, 4.69) is 83.3 Å². The Morgan fingerprint density at radius 1 is 0.875 bits per heavy atom. The fourth-order valence-electron chi connectivity index (χ4n) is 3.71. The first-order valence-electron chi connectivity index (χ1n) is 8.46. The number of rotatable bonds is 2. The van der Waals surface area contributed by atoms with Crippen molar-refractivity contribution in [3.8, 4) is 0 Å². The molecular formula is C21H22N2O. The van der Waals surface area contributed by atoms with E-state index in [-0.39, 0.29) is 5.54 Å². The molecule has 0 radical (unpaired) electrons. The van der Waals surface area contributed by atoms with E-state index in [0.717, 1.165) is 19.7 Å². The van der Waals surface area contributed by atoms with Crippen molar-refractivity contribution in [2.75, 3.05) is 19.7 Å². The summed E-state index contributed by atoms with van der Waals surface area (Å²) in [6, 6.07) is 0. The average molecular weight is 318 g/mol. The summed E-state index contributed by atoms with van der Waals surface area (Å²) in [4.78, 5) is 8.12. The van der Waals surface area contributed by atoms with E-state index in [1.54, 1.807) is 0 Å². The van der Waals surface area contributed by atoms with Gasteiger partial charge in [-0.15, -0.1) is 0 Å². The molecule has 2 aliphatic heterocycles. The Bertz CT molecular complexity index is 733. The topological polar surface area (TPSA) is 24.5 Å². The quantitative estimate of drug-likeness (QED) is 0.845. The molecule has 2 aliphatic carbocycles. The van der Waals surface area contributed by atoms with Gasteiger partial charge in [0.15, 0.2) is 0 Å². The molecule has 3 nitrogen and oxygen atoms in total. The molecule has 4 rings (SSSR count). The summed E-state index contributed by atoms with van der Waals surface area (Å²) in [5.74, 6) is 0.435. The number of fused-ring (bicyclic) bond motifs is 1. The predicted octanol–water partition coefficient (Wildman–Crippen LogP) is 3.37. The average Bonchev–Trinajstić information content (AvgIpc) is 3.04. The van der Waals surface area contributed by atoms with Gasteiger partial charge >= 0.3 is 0 Å². The van der Waals surface area contributed by atoms with Crippen LogP contribution in [0.4, 0.5) is 0 Å². The van der Waals surface area contributed by atoms with Crippen molar-refractivity contribution in [3.63, 3.8) is 0 Å². The highest BCUT2D eigenvalue weighted by Gasteiger charge is 2.52. The number of hydrogen-bond donors (Lipinski definition) is 1. The van der Waals surface area contributed by atoms with Crippen LogP contribution < -0.4 is 5.48 Å². The van der Waals surface area contributed by atoms with Crippen LogP contribution in [0, 0.1) is 5.92 Å². The summed E-state index contributed by atoms with van der Waals surface area (Å²) in [5.41, 5.74) is 5.72. The first kappa shape index (κ1) is 15.2. The number of likely N-dealkylation sites (tertiary alicyclic amines) is 1. The lowest BCUT2D eigenvalue weighted by Crippen LogP contribution is -2.47. The molecule has 0 aromatic rings. The Morgan fingerprint density at radius 2 is 1.58 bits per heavy atom. The molecule has 24 heavy (non-hydrogen) atoms. The highest BCUT2D eigenvalue weighted by atomic mass is 16.7. The highest BCUT2D eigenvalue weighted by molar-refractivity contribution is 5.43. The molecule has 0 unspecified atom stereocenters. The third-order valence-electron chi connectivity index (χ3n) is 4.97. The maximum Gasteiger partial charge on any atom is 0.0922 e. The van der Waals surface area contributed by atoms with Crippen LogP contribution >= 0.6 is 0 Å². The van der Waals surface area contributed by atoms with Gasteiger partial charge in [0.1, 0.15) is 0 Å². The Labute approximate surface area is 143 Å². The van der Waals surface area contributed by atoms with Gasteiger partial charge in [0.25, 0.3) is 0 Å². The summed E-state index contributed by atoms with van der Waals surface area (Å²) in [7, 11) is 0. The van der Waals surface area contributed by atoms with Gasteiger partial charge in [-0.05, 0) is 17.7 Å². The van der Waals surface area contributed by atoms with Gasteiger partial charge in [-0.3, -0.25) is 0 Å². The van der Waals surface area contributed by atoms with E-state index >= 15 is 0 Å². The Morgan fingerprint density at radius 3 is 2.46 bits per heavy atom. The van der Waals surface area contributed by atoms with E-state index in [1.165, 1.54) is 11.3 Å². The van der Waals surface area contributed by atoms with Crippen molar-refractivity contribution >= 4 is 0 Å². The molecule has 3 heteroatoms. The van der Waals surface area contributed by atoms with Crippen LogP contribution in [0.5, 0.6) is 0 Å². The van der Waals surface area contributed by atoms with Crippen molar-refractivity contribution in [3.05, 3.63) is 96.3 Å². The molecule has 0 saturated carbocycles. The molecule has 2 atom stereocenters. The van der Waals surface area contributed by atoms with Gasteiger partial charge in [0.05, 0.1) is 12.1 Å². The van der Waals surface area contributed by atoms with Crippen LogP contribution in [0.3, 0.4) is 0 Å². The van der Waals surface area contributed by atoms with Crippen LogP contribution in [0.1, 0.15) is 0 Å². The van der Waals surface area contributed by atoms with E-state index in [1.807, 2.05) is 12.2 Å². The van der Waals surface area contributed by atoms with Crippen molar-refractivity contribution in [2.45, 2.75) is 5.54 Å². The molecule has 1 N–H and O–H groups in total. The molecule has 2 fully saturated rings. The molecule has 2 heterocycles. The maximum absolute atomic E-state index is 5.66. The minimum absolute atomic E-state index is 0.150. The van der Waals surface area contributed by atoms with Crippen LogP contribution in [-0.2, 0) is 4.84 Å². The first-order valence-corrected chi connectivity index (χ1v) is 8.46. The normalized spacial score (nSPS) is 43.7. The molecule has 0 bridgehead atoms. The Kier molecular flexibility index (Phi) is 4.20. The fraction of sp³-hybridized carbons (Fsp3) is 0.238. The number of nitrogens with one attached hydrogen (secondary N) is 1. The van der Waals surface area contributed by atoms with Crippen molar-refractivity contribution in [1.29, 1.82) is 0 Å². The van der Waals surface area contributed by atoms with Gasteiger partial charge < -0.3 is 9.74 Å². The lowest BCUT2D eigenvalue weighted by atomic mass is 9.81. The lowest BCUT2D eigenvalue weighted by molar-refractivity contribution is 0.0612. The van der Waals surface area contributed by atoms with Crippen molar-refractivity contribution in [2.24, 2.45) is 5.92 Å². The number of allylic oxidation sites excluding steroid dienone is 13.